The third kappa shape index (κ3) is 6.00. The second-order valence-electron chi connectivity index (χ2n) is 17.5. The van der Waals surface area contributed by atoms with Gasteiger partial charge in [0.1, 0.15) is 0 Å². The van der Waals surface area contributed by atoms with E-state index in [0.717, 1.165) is 0 Å². The molecule has 3 aliphatic rings. The maximum Gasteiger partial charge on any atom is -1.00 e. The smallest absolute Gasteiger partial charge is 1.00 e. The summed E-state index contributed by atoms with van der Waals surface area (Å²) in [5.74, 6) is 0.874. The van der Waals surface area contributed by atoms with Gasteiger partial charge in [-0.3, -0.25) is 0 Å². The molecule has 1 heterocycles. The molecule has 49 heavy (non-hydrogen) atoms. The molecule has 0 saturated heterocycles. The Morgan fingerprint density at radius 2 is 1.20 bits per heavy atom. The summed E-state index contributed by atoms with van der Waals surface area (Å²) in [7, 11) is -2.00. The van der Waals surface area contributed by atoms with Gasteiger partial charge >= 0.3 is 276 Å². The molecule has 2 atom stereocenters. The Kier molecular flexibility index (Phi) is 10.1. The number of rotatable bonds is 4. The van der Waals surface area contributed by atoms with Crippen LogP contribution in [-0.2, 0) is 35.5 Å². The summed E-state index contributed by atoms with van der Waals surface area (Å²) in [6.07, 6.45) is 2.52. The fraction of sp³-hybridized carbons (Fsp3) is 0.378. The van der Waals surface area contributed by atoms with E-state index in [0.29, 0.717) is 15.5 Å². The summed E-state index contributed by atoms with van der Waals surface area (Å²) in [6.45, 7) is 28.7. The van der Waals surface area contributed by atoms with Gasteiger partial charge in [0.15, 0.2) is 0 Å². The van der Waals surface area contributed by atoms with Crippen LogP contribution in [0.2, 0.25) is 13.1 Å². The monoisotopic (exact) mass is 779 g/mol. The van der Waals surface area contributed by atoms with Crippen molar-refractivity contribution in [3.05, 3.63) is 122 Å². The van der Waals surface area contributed by atoms with E-state index in [-0.39, 0.29) is 35.6 Å². The van der Waals surface area contributed by atoms with Crippen LogP contribution in [0.4, 0.5) is 0 Å². The van der Waals surface area contributed by atoms with Crippen molar-refractivity contribution in [3.8, 4) is 22.3 Å². The van der Waals surface area contributed by atoms with Crippen LogP contribution in [0, 0.1) is 12.8 Å². The van der Waals surface area contributed by atoms with Gasteiger partial charge in [-0.1, -0.05) is 20.8 Å². The Labute approximate surface area is 325 Å². The molecule has 0 radical (unpaired) electrons. The minimum Gasteiger partial charge on any atom is -1.00 e. The maximum atomic E-state index is 2.70. The van der Waals surface area contributed by atoms with Gasteiger partial charge in [-0.25, -0.2) is 0 Å². The van der Waals surface area contributed by atoms with Gasteiger partial charge in [0.25, 0.3) is 0 Å². The van der Waals surface area contributed by atoms with Crippen LogP contribution in [0.3, 0.4) is 0 Å². The van der Waals surface area contributed by atoms with Gasteiger partial charge in [-0.2, -0.15) is 0 Å². The molecular weight excluding hydrogens is 731 g/mol. The average Bonchev–Trinajstić information content (AvgIpc) is 3.54. The van der Waals surface area contributed by atoms with E-state index in [1.165, 1.54) is 50.1 Å². The molecule has 4 heteroatoms. The van der Waals surface area contributed by atoms with Gasteiger partial charge in [-0.05, 0) is 5.41 Å². The summed E-state index contributed by atoms with van der Waals surface area (Å²) in [4.78, 5) is 0. The number of aryl methyl sites for hydroxylation is 1. The van der Waals surface area contributed by atoms with Crippen LogP contribution >= 0.6 is 0 Å². The summed E-state index contributed by atoms with van der Waals surface area (Å²) in [6, 6.07) is 26.6. The summed E-state index contributed by atoms with van der Waals surface area (Å²) >= 11 is 1.63. The number of hydrogen-bond donors (Lipinski definition) is 0. The molecule has 0 aromatic heterocycles. The number of hydrogen-bond acceptors (Lipinski definition) is 0. The van der Waals surface area contributed by atoms with Crippen LogP contribution < -0.4 is 30.0 Å². The third-order valence-electron chi connectivity index (χ3n) is 11.3. The first-order valence-electron chi connectivity index (χ1n) is 17.6. The normalized spacial score (nSPS) is 18.8. The molecule has 4 aromatic rings. The number of benzene rings is 4. The van der Waals surface area contributed by atoms with Crippen molar-refractivity contribution in [1.29, 1.82) is 0 Å². The van der Waals surface area contributed by atoms with E-state index < -0.39 is 8.07 Å². The van der Waals surface area contributed by atoms with Crippen molar-refractivity contribution in [3.63, 3.8) is 0 Å². The van der Waals surface area contributed by atoms with E-state index in [1.54, 1.807) is 62.9 Å². The molecule has 2 unspecified atom stereocenters. The Bertz CT molecular complexity index is 2010. The molecule has 253 valence electrons. The zero-order valence-corrected chi connectivity index (χ0v) is 36.4. The molecule has 7 rings (SSSR count). The van der Waals surface area contributed by atoms with Gasteiger partial charge in [0.05, 0.1) is 0 Å². The van der Waals surface area contributed by atoms with E-state index in [2.05, 4.69) is 155 Å². The Hall–Kier alpha value is -1.96. The zero-order chi connectivity index (χ0) is 34.0. The molecule has 0 amide bonds. The van der Waals surface area contributed by atoms with Gasteiger partial charge in [0.2, 0.25) is 0 Å². The van der Waals surface area contributed by atoms with Crippen molar-refractivity contribution >= 4 is 24.5 Å². The first-order valence-corrected chi connectivity index (χ1v) is 22.0. The molecular formula is C45H51Cl2SiZr. The van der Waals surface area contributed by atoms with E-state index in [4.69, 9.17) is 0 Å². The molecule has 4 aromatic carbocycles. The Morgan fingerprint density at radius 3 is 1.71 bits per heavy atom. The predicted octanol–water partition coefficient (Wildman–Crippen LogP) is 5.96. The second-order valence-corrected chi connectivity index (χ2v) is 23.2. The number of halogens is 2. The molecule has 2 aliphatic carbocycles. The van der Waals surface area contributed by atoms with Crippen LogP contribution in [0.15, 0.2) is 77.9 Å². The SMILES string of the molecule is CC1=Cc2c(-c3ccc(C(C)(C)C)cc3)cc(C)cc2C1c1cc2c3c(-c4ccc(C(C)(C)C)cc4)c1[Si](C)(C)C3=C(C(C)C)[CH]2[Zr+2].[Cl-].[Cl-]. The van der Waals surface area contributed by atoms with Crippen LogP contribution in [-0.4, -0.2) is 8.07 Å². The maximum absolute atomic E-state index is 2.70. The van der Waals surface area contributed by atoms with Crippen LogP contribution in [0.25, 0.3) is 33.5 Å². The first kappa shape index (κ1) is 38.3. The zero-order valence-electron chi connectivity index (χ0n) is 31.4. The molecule has 0 spiro atoms. The van der Waals surface area contributed by atoms with Crippen molar-refractivity contribution in [2.24, 2.45) is 5.92 Å². The molecule has 1 aliphatic heterocycles. The van der Waals surface area contributed by atoms with Gasteiger partial charge < -0.3 is 24.8 Å². The van der Waals surface area contributed by atoms with Gasteiger partial charge in [0, 0.05) is 0 Å². The van der Waals surface area contributed by atoms with E-state index >= 15 is 0 Å². The number of allylic oxidation sites excluding steroid dienone is 2. The van der Waals surface area contributed by atoms with Crippen molar-refractivity contribution in [2.45, 2.75) is 103 Å². The van der Waals surface area contributed by atoms with Crippen LogP contribution in [0.1, 0.15) is 116 Å². The largest absolute Gasteiger partial charge is 1.00 e. The fourth-order valence-electron chi connectivity index (χ4n) is 9.01. The molecule has 0 saturated carbocycles. The first-order chi connectivity index (χ1) is 21.9. The summed E-state index contributed by atoms with van der Waals surface area (Å²) in [5.41, 5.74) is 21.1. The minimum absolute atomic E-state index is 0. The standard InChI is InChI=1S/C45H51Si.2ClH.Zr/c1-26(2)34-24-31-25-38(43-40(41(31)42(34)46(43,11)12)30-15-19-33(20-16-30)45(8,9)10)39-28(4)23-36-35(21-27(3)22-37(36)39)29-13-17-32(18-14-29)44(5,6)7;;;/h13-26,39H,1-12H3;2*1H;/q;;;+2/p-2. The molecule has 0 N–H and O–H groups in total. The van der Waals surface area contributed by atoms with Crippen molar-refractivity contribution in [2.75, 3.05) is 0 Å². The molecule has 0 nitrogen and oxygen atoms in total. The Morgan fingerprint density at radius 1 is 0.673 bits per heavy atom. The van der Waals surface area contributed by atoms with Crippen molar-refractivity contribution in [1.82, 2.24) is 0 Å². The van der Waals surface area contributed by atoms with E-state index in [1.807, 2.05) is 0 Å². The summed E-state index contributed by atoms with van der Waals surface area (Å²) < 4.78 is 0.555. The third-order valence-corrected chi connectivity index (χ3v) is 16.4. The molecule has 0 fully saturated rings. The predicted molar refractivity (Wildman–Crippen MR) is 203 cm³/mol. The number of fused-ring (bicyclic) bond motifs is 2. The van der Waals surface area contributed by atoms with Crippen LogP contribution in [0.5, 0.6) is 0 Å². The quantitative estimate of drug-likeness (QED) is 0.225. The molecule has 2 bridgehead atoms. The minimum atomic E-state index is -2.00. The Balaban J connectivity index is 0.00000234. The second kappa shape index (κ2) is 12.9. The van der Waals surface area contributed by atoms with E-state index in [9.17, 15) is 0 Å². The fourth-order valence-corrected chi connectivity index (χ4v) is 15.2. The topological polar surface area (TPSA) is 0 Å². The van der Waals surface area contributed by atoms with Crippen molar-refractivity contribution < 1.29 is 49.5 Å². The van der Waals surface area contributed by atoms with Gasteiger partial charge in [-0.15, -0.1) is 0 Å². The summed E-state index contributed by atoms with van der Waals surface area (Å²) in [5, 5.41) is 3.46. The average molecular weight is 782 g/mol.